The fourth-order valence-corrected chi connectivity index (χ4v) is 3.16. The van der Waals surface area contributed by atoms with E-state index in [0.717, 1.165) is 0 Å². The van der Waals surface area contributed by atoms with Crippen molar-refractivity contribution in [2.24, 2.45) is 5.92 Å². The number of carbonyl (C=O) groups is 2. The highest BCUT2D eigenvalue weighted by Crippen LogP contribution is 2.21. The van der Waals surface area contributed by atoms with Crippen molar-refractivity contribution >= 4 is 11.8 Å². The van der Waals surface area contributed by atoms with E-state index in [2.05, 4.69) is 31.3 Å². The van der Waals surface area contributed by atoms with Gasteiger partial charge in [-0.05, 0) is 11.5 Å². The molecule has 1 saturated heterocycles. The fraction of sp³-hybridized carbons (Fsp3) is 0.579. The number of amides is 2. The molecule has 132 valence electrons. The molecule has 1 heterocycles. The van der Waals surface area contributed by atoms with Crippen LogP contribution < -0.4 is 5.32 Å². The predicted molar refractivity (Wildman–Crippen MR) is 95.5 cm³/mol. The average molecular weight is 331 g/mol. The van der Waals surface area contributed by atoms with Gasteiger partial charge in [-0.2, -0.15) is 0 Å². The Morgan fingerprint density at radius 1 is 1.04 bits per heavy atom. The molecule has 1 unspecified atom stereocenters. The van der Waals surface area contributed by atoms with E-state index in [1.165, 1.54) is 5.56 Å². The smallest absolute Gasteiger partial charge is 0.223 e. The lowest BCUT2D eigenvalue weighted by Gasteiger charge is -2.34. The molecule has 1 aliphatic rings. The van der Waals surface area contributed by atoms with Crippen LogP contribution >= 0.6 is 0 Å². The zero-order valence-corrected chi connectivity index (χ0v) is 15.0. The standard InChI is InChI=1S/C19H29N3O2/c1-15(2)19(17-7-5-4-6-8-17)20-10-9-18(24)22-13-11-21(12-14-22)16(3)23/h4-8,15,19-20H,9-14H2,1-3H3. The highest BCUT2D eigenvalue weighted by molar-refractivity contribution is 5.77. The molecule has 0 spiro atoms. The molecule has 1 atom stereocenters. The molecule has 5 nitrogen and oxygen atoms in total. The van der Waals surface area contributed by atoms with Crippen molar-refractivity contribution < 1.29 is 9.59 Å². The van der Waals surface area contributed by atoms with Crippen LogP contribution in [0.5, 0.6) is 0 Å². The molecule has 1 fully saturated rings. The van der Waals surface area contributed by atoms with Crippen molar-refractivity contribution in [3.8, 4) is 0 Å². The number of benzene rings is 1. The Labute approximate surface area is 145 Å². The quantitative estimate of drug-likeness (QED) is 0.868. The number of hydrogen-bond donors (Lipinski definition) is 1. The highest BCUT2D eigenvalue weighted by atomic mass is 16.2. The van der Waals surface area contributed by atoms with Gasteiger partial charge in [0.15, 0.2) is 0 Å². The van der Waals surface area contributed by atoms with Crippen molar-refractivity contribution in [1.29, 1.82) is 0 Å². The molecule has 5 heteroatoms. The van der Waals surface area contributed by atoms with Crippen LogP contribution in [0.25, 0.3) is 0 Å². The summed E-state index contributed by atoms with van der Waals surface area (Å²) in [7, 11) is 0. The van der Waals surface area contributed by atoms with Gasteiger partial charge in [-0.25, -0.2) is 0 Å². The van der Waals surface area contributed by atoms with E-state index in [1.54, 1.807) is 11.8 Å². The van der Waals surface area contributed by atoms with Crippen LogP contribution in [0.1, 0.15) is 38.8 Å². The molecule has 2 rings (SSSR count). The third-order valence-corrected chi connectivity index (χ3v) is 4.61. The van der Waals surface area contributed by atoms with Gasteiger partial charge < -0.3 is 15.1 Å². The summed E-state index contributed by atoms with van der Waals surface area (Å²) >= 11 is 0. The molecule has 2 amide bonds. The Kier molecular flexibility index (Phi) is 6.79. The van der Waals surface area contributed by atoms with Gasteiger partial charge in [0, 0.05) is 52.1 Å². The van der Waals surface area contributed by atoms with E-state index in [4.69, 9.17) is 0 Å². The molecule has 0 radical (unpaired) electrons. The summed E-state index contributed by atoms with van der Waals surface area (Å²) in [5.74, 6) is 0.717. The van der Waals surface area contributed by atoms with Crippen molar-refractivity contribution in [1.82, 2.24) is 15.1 Å². The molecule has 0 bridgehead atoms. The monoisotopic (exact) mass is 331 g/mol. The Bertz CT molecular complexity index is 537. The van der Waals surface area contributed by atoms with Crippen molar-refractivity contribution in [2.75, 3.05) is 32.7 Å². The lowest BCUT2D eigenvalue weighted by Crippen LogP contribution is -2.50. The molecule has 1 aromatic carbocycles. The summed E-state index contributed by atoms with van der Waals surface area (Å²) in [4.78, 5) is 27.3. The zero-order valence-electron chi connectivity index (χ0n) is 15.0. The molecule has 0 aliphatic carbocycles. The van der Waals surface area contributed by atoms with E-state index >= 15 is 0 Å². The number of piperazine rings is 1. The van der Waals surface area contributed by atoms with E-state index in [9.17, 15) is 9.59 Å². The predicted octanol–water partition coefficient (Wildman–Crippen LogP) is 2.05. The van der Waals surface area contributed by atoms with Gasteiger partial charge in [-0.1, -0.05) is 44.2 Å². The fourth-order valence-electron chi connectivity index (χ4n) is 3.16. The number of nitrogens with one attached hydrogen (secondary N) is 1. The van der Waals surface area contributed by atoms with Gasteiger partial charge >= 0.3 is 0 Å². The SMILES string of the molecule is CC(=O)N1CCN(C(=O)CCNC(c2ccccc2)C(C)C)CC1. The molecule has 1 aromatic rings. The second-order valence-corrected chi connectivity index (χ2v) is 6.72. The maximum atomic E-state index is 12.3. The number of carbonyl (C=O) groups excluding carboxylic acids is 2. The zero-order chi connectivity index (χ0) is 17.5. The molecule has 0 saturated carbocycles. The van der Waals surface area contributed by atoms with Crippen LogP contribution in [-0.2, 0) is 9.59 Å². The van der Waals surface area contributed by atoms with Crippen molar-refractivity contribution in [3.63, 3.8) is 0 Å². The van der Waals surface area contributed by atoms with Crippen LogP contribution in [0.15, 0.2) is 30.3 Å². The van der Waals surface area contributed by atoms with E-state index in [-0.39, 0.29) is 17.9 Å². The lowest BCUT2D eigenvalue weighted by atomic mass is 9.96. The minimum Gasteiger partial charge on any atom is -0.339 e. The molecular formula is C19H29N3O2. The molecular weight excluding hydrogens is 302 g/mol. The first-order valence-electron chi connectivity index (χ1n) is 8.80. The summed E-state index contributed by atoms with van der Waals surface area (Å²) in [5, 5.41) is 3.52. The average Bonchev–Trinajstić information content (AvgIpc) is 2.59. The topological polar surface area (TPSA) is 52.7 Å². The van der Waals surface area contributed by atoms with E-state index in [0.29, 0.717) is 45.1 Å². The van der Waals surface area contributed by atoms with E-state index < -0.39 is 0 Å². The number of nitrogens with zero attached hydrogens (tertiary/aromatic N) is 2. The van der Waals surface area contributed by atoms with Gasteiger partial charge in [-0.15, -0.1) is 0 Å². The van der Waals surface area contributed by atoms with Crippen molar-refractivity contribution in [3.05, 3.63) is 35.9 Å². The summed E-state index contributed by atoms with van der Waals surface area (Å²) < 4.78 is 0. The number of hydrogen-bond acceptors (Lipinski definition) is 3. The van der Waals surface area contributed by atoms with Crippen LogP contribution in [-0.4, -0.2) is 54.3 Å². The van der Waals surface area contributed by atoms with Gasteiger partial charge in [0.05, 0.1) is 0 Å². The van der Waals surface area contributed by atoms with Crippen LogP contribution in [0.3, 0.4) is 0 Å². The molecule has 1 aliphatic heterocycles. The maximum absolute atomic E-state index is 12.3. The van der Waals surface area contributed by atoms with Crippen LogP contribution in [0, 0.1) is 5.92 Å². The molecule has 0 aromatic heterocycles. The largest absolute Gasteiger partial charge is 0.339 e. The van der Waals surface area contributed by atoms with Crippen molar-refractivity contribution in [2.45, 2.75) is 33.2 Å². The Hall–Kier alpha value is -1.88. The Morgan fingerprint density at radius 3 is 2.17 bits per heavy atom. The summed E-state index contributed by atoms with van der Waals surface area (Å²) in [6, 6.07) is 10.6. The second kappa shape index (κ2) is 8.83. The first-order chi connectivity index (χ1) is 11.5. The highest BCUT2D eigenvalue weighted by Gasteiger charge is 2.22. The number of rotatable bonds is 6. The summed E-state index contributed by atoms with van der Waals surface area (Å²) in [6.07, 6.45) is 0.496. The first kappa shape index (κ1) is 18.5. The molecule has 1 N–H and O–H groups in total. The first-order valence-corrected chi connectivity index (χ1v) is 8.80. The maximum Gasteiger partial charge on any atom is 0.223 e. The normalized spacial score (nSPS) is 16.3. The van der Waals surface area contributed by atoms with Crippen LogP contribution in [0.2, 0.25) is 0 Å². The second-order valence-electron chi connectivity index (χ2n) is 6.72. The summed E-state index contributed by atoms with van der Waals surface area (Å²) in [5.41, 5.74) is 1.26. The van der Waals surface area contributed by atoms with Crippen LogP contribution in [0.4, 0.5) is 0 Å². The van der Waals surface area contributed by atoms with Gasteiger partial charge in [0.1, 0.15) is 0 Å². The van der Waals surface area contributed by atoms with Gasteiger partial charge in [-0.3, -0.25) is 9.59 Å². The minimum absolute atomic E-state index is 0.0893. The molecule has 24 heavy (non-hydrogen) atoms. The Morgan fingerprint density at radius 2 is 1.62 bits per heavy atom. The minimum atomic E-state index is 0.0893. The van der Waals surface area contributed by atoms with Gasteiger partial charge in [0.25, 0.3) is 0 Å². The third kappa shape index (κ3) is 5.06. The van der Waals surface area contributed by atoms with E-state index in [1.807, 2.05) is 23.1 Å². The third-order valence-electron chi connectivity index (χ3n) is 4.61. The summed E-state index contributed by atoms with van der Waals surface area (Å²) in [6.45, 7) is 9.21. The van der Waals surface area contributed by atoms with Gasteiger partial charge in [0.2, 0.25) is 11.8 Å². The lowest BCUT2D eigenvalue weighted by molar-refractivity contribution is -0.138. The Balaban J connectivity index is 1.78.